The van der Waals surface area contributed by atoms with Gasteiger partial charge in [0.15, 0.2) is 6.10 Å². The predicted molar refractivity (Wildman–Crippen MR) is 123 cm³/mol. The smallest absolute Gasteiger partial charge is 0.407 e. The summed E-state index contributed by atoms with van der Waals surface area (Å²) < 4.78 is 11.2. The van der Waals surface area contributed by atoms with E-state index in [1.54, 1.807) is 0 Å². The molecule has 0 saturated carbocycles. The van der Waals surface area contributed by atoms with Gasteiger partial charge in [0.2, 0.25) is 0 Å². The van der Waals surface area contributed by atoms with Crippen molar-refractivity contribution >= 4 is 18.0 Å². The van der Waals surface area contributed by atoms with Gasteiger partial charge in [-0.15, -0.1) is 0 Å². The molecule has 2 aliphatic heterocycles. The number of nitrogens with one attached hydrogen (secondary N) is 1. The average Bonchev–Trinajstić information content (AvgIpc) is 3.53. The molecular weight excluding hydrogens is 436 g/mol. The van der Waals surface area contributed by atoms with Gasteiger partial charge < -0.3 is 24.8 Å². The molecule has 2 fully saturated rings. The summed E-state index contributed by atoms with van der Waals surface area (Å²) in [5.41, 5.74) is 4.57. The molecule has 0 spiro atoms. The number of alkyl carbamates (subject to hydrolysis) is 1. The first-order valence-electron chi connectivity index (χ1n) is 11.7. The van der Waals surface area contributed by atoms with Crippen molar-refractivity contribution in [3.05, 3.63) is 59.7 Å². The number of ether oxygens (including phenoxy) is 2. The van der Waals surface area contributed by atoms with Crippen molar-refractivity contribution in [3.8, 4) is 11.1 Å². The second-order valence-corrected chi connectivity index (χ2v) is 9.32. The van der Waals surface area contributed by atoms with E-state index in [4.69, 9.17) is 9.47 Å². The van der Waals surface area contributed by atoms with Crippen molar-refractivity contribution in [1.82, 2.24) is 10.2 Å². The first-order valence-corrected chi connectivity index (χ1v) is 11.7. The number of carbonyl (C=O) groups is 3. The fourth-order valence-electron chi connectivity index (χ4n) is 5.42. The Morgan fingerprint density at radius 1 is 1.06 bits per heavy atom. The summed E-state index contributed by atoms with van der Waals surface area (Å²) >= 11 is 0. The third-order valence-corrected chi connectivity index (χ3v) is 7.22. The SMILES string of the molecule is CC1CN(C(=O)[C@H]2OCC[C@H]2NC(=O)OCC2c3ccccc3-c3ccccc32)CC1C(=O)O. The molecule has 8 heteroatoms. The second-order valence-electron chi connectivity index (χ2n) is 9.32. The van der Waals surface area contributed by atoms with Crippen LogP contribution < -0.4 is 5.32 Å². The summed E-state index contributed by atoms with van der Waals surface area (Å²) in [6.07, 6.45) is -0.930. The predicted octanol–water partition coefficient (Wildman–Crippen LogP) is 2.86. The molecule has 5 rings (SSSR count). The molecule has 3 aliphatic rings. The molecule has 2 aromatic rings. The van der Waals surface area contributed by atoms with Gasteiger partial charge >= 0.3 is 12.1 Å². The lowest BCUT2D eigenvalue weighted by Gasteiger charge is -2.24. The number of aliphatic carboxylic acids is 1. The second kappa shape index (κ2) is 9.10. The van der Waals surface area contributed by atoms with E-state index in [0.717, 1.165) is 22.3 Å². The number of fused-ring (bicyclic) bond motifs is 3. The maximum absolute atomic E-state index is 13.0. The lowest BCUT2D eigenvalue weighted by atomic mass is 9.98. The minimum atomic E-state index is -0.900. The summed E-state index contributed by atoms with van der Waals surface area (Å²) in [5.74, 6) is -1.94. The van der Waals surface area contributed by atoms with E-state index in [0.29, 0.717) is 19.6 Å². The van der Waals surface area contributed by atoms with Gasteiger partial charge in [0.25, 0.3) is 5.91 Å². The zero-order valence-corrected chi connectivity index (χ0v) is 19.0. The van der Waals surface area contributed by atoms with E-state index in [1.807, 2.05) is 31.2 Å². The highest BCUT2D eigenvalue weighted by Crippen LogP contribution is 2.44. The summed E-state index contributed by atoms with van der Waals surface area (Å²) in [6.45, 7) is 2.89. The highest BCUT2D eigenvalue weighted by atomic mass is 16.6. The van der Waals surface area contributed by atoms with Gasteiger partial charge in [0.1, 0.15) is 6.61 Å². The van der Waals surface area contributed by atoms with Crippen LogP contribution >= 0.6 is 0 Å². The van der Waals surface area contributed by atoms with Gasteiger partial charge in [0, 0.05) is 25.6 Å². The van der Waals surface area contributed by atoms with Gasteiger partial charge in [-0.25, -0.2) is 4.79 Å². The van der Waals surface area contributed by atoms with Crippen LogP contribution in [0.1, 0.15) is 30.4 Å². The zero-order chi connectivity index (χ0) is 23.8. The topological polar surface area (TPSA) is 105 Å². The van der Waals surface area contributed by atoms with Crippen LogP contribution in [0.15, 0.2) is 48.5 Å². The van der Waals surface area contributed by atoms with Crippen molar-refractivity contribution in [2.45, 2.75) is 31.4 Å². The van der Waals surface area contributed by atoms with Crippen LogP contribution in [0.4, 0.5) is 4.79 Å². The minimum absolute atomic E-state index is 0.0468. The Hall–Kier alpha value is -3.39. The molecule has 8 nitrogen and oxygen atoms in total. The van der Waals surface area contributed by atoms with E-state index in [2.05, 4.69) is 29.6 Å². The van der Waals surface area contributed by atoms with Crippen LogP contribution in [-0.4, -0.2) is 66.4 Å². The monoisotopic (exact) mass is 464 g/mol. The number of carbonyl (C=O) groups excluding carboxylic acids is 2. The molecule has 2 heterocycles. The van der Waals surface area contributed by atoms with Crippen LogP contribution in [0, 0.1) is 11.8 Å². The Bertz CT molecular complexity index is 1070. The summed E-state index contributed by atoms with van der Waals surface area (Å²) in [4.78, 5) is 38.6. The molecule has 1 aliphatic carbocycles. The molecule has 4 atom stereocenters. The van der Waals surface area contributed by atoms with Gasteiger partial charge in [-0.2, -0.15) is 0 Å². The number of benzene rings is 2. The first kappa shape index (κ1) is 22.4. The van der Waals surface area contributed by atoms with E-state index in [-0.39, 0.29) is 30.9 Å². The Morgan fingerprint density at radius 3 is 2.32 bits per heavy atom. The van der Waals surface area contributed by atoms with Crippen molar-refractivity contribution in [1.29, 1.82) is 0 Å². The fraction of sp³-hybridized carbons (Fsp3) is 0.423. The molecule has 0 bridgehead atoms. The molecule has 34 heavy (non-hydrogen) atoms. The number of amides is 2. The summed E-state index contributed by atoms with van der Waals surface area (Å²) in [7, 11) is 0. The third-order valence-electron chi connectivity index (χ3n) is 7.22. The number of rotatable bonds is 5. The number of hydrogen-bond donors (Lipinski definition) is 2. The summed E-state index contributed by atoms with van der Waals surface area (Å²) in [5, 5.41) is 12.1. The first-order chi connectivity index (χ1) is 16.4. The maximum Gasteiger partial charge on any atom is 0.407 e. The van der Waals surface area contributed by atoms with Gasteiger partial charge in [-0.05, 0) is 34.6 Å². The van der Waals surface area contributed by atoms with Gasteiger partial charge in [-0.1, -0.05) is 55.5 Å². The number of likely N-dealkylation sites (tertiary alicyclic amines) is 1. The number of carboxylic acid groups (broad SMARTS) is 1. The highest BCUT2D eigenvalue weighted by molar-refractivity contribution is 5.84. The van der Waals surface area contributed by atoms with Crippen LogP contribution in [-0.2, 0) is 19.1 Å². The largest absolute Gasteiger partial charge is 0.481 e. The summed E-state index contributed by atoms with van der Waals surface area (Å²) in [6, 6.07) is 15.7. The number of hydrogen-bond acceptors (Lipinski definition) is 5. The van der Waals surface area contributed by atoms with Crippen LogP contribution in [0.25, 0.3) is 11.1 Å². The lowest BCUT2D eigenvalue weighted by molar-refractivity contribution is -0.143. The molecule has 2 amide bonds. The van der Waals surface area contributed by atoms with Gasteiger partial charge in [0.05, 0.1) is 12.0 Å². The molecule has 0 radical (unpaired) electrons. The standard InChI is InChI=1S/C26H28N2O6/c1-15-12-28(13-20(15)25(30)31)24(29)23-22(10-11-33-23)27-26(32)34-14-21-18-8-4-2-6-16(18)17-7-3-5-9-19(17)21/h2-9,15,20-23H,10-14H2,1H3,(H,27,32)(H,30,31)/t15?,20?,22-,23+/m1/s1. The molecule has 2 saturated heterocycles. The Labute approximate surface area is 197 Å². The average molecular weight is 465 g/mol. The number of nitrogens with zero attached hydrogens (tertiary/aromatic N) is 1. The minimum Gasteiger partial charge on any atom is -0.481 e. The van der Waals surface area contributed by atoms with Crippen LogP contribution in [0.2, 0.25) is 0 Å². The molecular formula is C26H28N2O6. The Morgan fingerprint density at radius 2 is 1.71 bits per heavy atom. The Kier molecular flexibility index (Phi) is 6.00. The van der Waals surface area contributed by atoms with Crippen molar-refractivity contribution in [3.63, 3.8) is 0 Å². The molecule has 0 aromatic heterocycles. The van der Waals surface area contributed by atoms with E-state index < -0.39 is 30.1 Å². The van der Waals surface area contributed by atoms with E-state index in [1.165, 1.54) is 4.90 Å². The highest BCUT2D eigenvalue weighted by Gasteiger charge is 2.43. The normalized spacial score (nSPS) is 25.6. The van der Waals surface area contributed by atoms with Gasteiger partial charge in [-0.3, -0.25) is 9.59 Å². The molecule has 2 aromatic carbocycles. The molecule has 2 N–H and O–H groups in total. The fourth-order valence-corrected chi connectivity index (χ4v) is 5.42. The zero-order valence-electron chi connectivity index (χ0n) is 19.0. The quantitative estimate of drug-likeness (QED) is 0.705. The maximum atomic E-state index is 13.0. The molecule has 2 unspecified atom stereocenters. The van der Waals surface area contributed by atoms with Crippen molar-refractivity contribution in [2.75, 3.05) is 26.3 Å². The van der Waals surface area contributed by atoms with Crippen LogP contribution in [0.3, 0.4) is 0 Å². The van der Waals surface area contributed by atoms with E-state index in [9.17, 15) is 19.5 Å². The van der Waals surface area contributed by atoms with E-state index >= 15 is 0 Å². The third kappa shape index (κ3) is 4.03. The lowest BCUT2D eigenvalue weighted by Crippen LogP contribution is -2.49. The number of carboxylic acids is 1. The van der Waals surface area contributed by atoms with Crippen molar-refractivity contribution in [2.24, 2.45) is 11.8 Å². The molecule has 178 valence electrons. The van der Waals surface area contributed by atoms with Crippen LogP contribution in [0.5, 0.6) is 0 Å². The Balaban J connectivity index is 1.21. The van der Waals surface area contributed by atoms with Crippen molar-refractivity contribution < 1.29 is 29.0 Å².